The monoisotopic (exact) mass is 675 g/mol. The predicted octanol–water partition coefficient (Wildman–Crippen LogP) is 5.22. The van der Waals surface area contributed by atoms with Crippen LogP contribution >= 0.6 is 38.5 Å². The maximum Gasteiger partial charge on any atom is 0.410 e. The van der Waals surface area contributed by atoms with Gasteiger partial charge in [0.15, 0.2) is 5.82 Å². The molecule has 8 nitrogen and oxygen atoms in total. The number of hydrogen-bond acceptors (Lipinski definition) is 7. The highest BCUT2D eigenvalue weighted by Crippen LogP contribution is 2.47. The van der Waals surface area contributed by atoms with Gasteiger partial charge in [0.25, 0.3) is 0 Å². The van der Waals surface area contributed by atoms with Crippen molar-refractivity contribution in [3.8, 4) is 5.88 Å². The Hall–Kier alpha value is -1.60. The number of pyridine rings is 1. The van der Waals surface area contributed by atoms with Gasteiger partial charge < -0.3 is 30.3 Å². The van der Waals surface area contributed by atoms with E-state index in [-0.39, 0.29) is 41.5 Å². The molecule has 11 heteroatoms. The van der Waals surface area contributed by atoms with Crippen LogP contribution in [0.2, 0.25) is 0 Å². The Morgan fingerprint density at radius 1 is 1.42 bits per heavy atom. The fraction of sp³-hybridized carbons (Fsp3) is 0.600. The number of amides is 1. The molecule has 2 bridgehead atoms. The first-order chi connectivity index (χ1) is 16.9. The van der Waals surface area contributed by atoms with E-state index in [4.69, 9.17) is 15.2 Å². The Balaban J connectivity index is 1.46. The number of ether oxygens (including phenoxy) is 2. The van der Waals surface area contributed by atoms with Crippen LogP contribution in [-0.2, 0) is 4.74 Å². The predicted molar refractivity (Wildman–Crippen MR) is 150 cm³/mol. The molecule has 3 N–H and O–H groups in total. The minimum Gasteiger partial charge on any atom is -0.474 e. The Morgan fingerprint density at radius 3 is 2.83 bits per heavy atom. The first-order valence-electron chi connectivity index (χ1n) is 12.3. The van der Waals surface area contributed by atoms with E-state index in [1.165, 1.54) is 0 Å². The summed E-state index contributed by atoms with van der Waals surface area (Å²) < 4.78 is 28.1. The molecule has 196 valence electrons. The summed E-state index contributed by atoms with van der Waals surface area (Å²) in [6, 6.07) is 2.12. The zero-order valence-corrected chi connectivity index (χ0v) is 24.7. The average molecular weight is 676 g/mol. The number of carbonyl (C=O) groups is 1. The first kappa shape index (κ1) is 26.0. The van der Waals surface area contributed by atoms with Crippen LogP contribution in [0, 0.1) is 15.3 Å². The van der Waals surface area contributed by atoms with E-state index in [9.17, 15) is 4.79 Å². The summed E-state index contributed by atoms with van der Waals surface area (Å²) in [6.45, 7) is 7.68. The van der Waals surface area contributed by atoms with Gasteiger partial charge in [-0.05, 0) is 98.2 Å². The molecule has 4 fully saturated rings. The van der Waals surface area contributed by atoms with Crippen molar-refractivity contribution in [2.45, 2.75) is 63.8 Å². The normalized spacial score (nSPS) is 25.8. The van der Waals surface area contributed by atoms with Crippen LogP contribution in [0.1, 0.15) is 40.0 Å². The minimum atomic E-state index is -0.556. The number of nitrogens with zero attached hydrogens (tertiary/aromatic N) is 3. The van der Waals surface area contributed by atoms with Gasteiger partial charge in [-0.25, -0.2) is 14.2 Å². The molecule has 3 saturated heterocycles. The van der Waals surface area contributed by atoms with Crippen LogP contribution in [-0.4, -0.2) is 71.3 Å². The number of fused-ring (bicyclic) bond motifs is 2. The van der Waals surface area contributed by atoms with E-state index in [2.05, 4.69) is 60.8 Å². The van der Waals surface area contributed by atoms with Crippen molar-refractivity contribution < 1.29 is 18.7 Å². The quantitative estimate of drug-likeness (QED) is 0.332. The number of anilines is 2. The smallest absolute Gasteiger partial charge is 0.410 e. The molecule has 2 aromatic rings. The molecule has 6 rings (SSSR count). The second-order valence-electron chi connectivity index (χ2n) is 11.0. The molecule has 3 unspecified atom stereocenters. The second kappa shape index (κ2) is 9.61. The molecule has 4 atom stereocenters. The summed E-state index contributed by atoms with van der Waals surface area (Å²) in [7, 11) is 2.08. The largest absolute Gasteiger partial charge is 0.474 e. The van der Waals surface area contributed by atoms with Crippen molar-refractivity contribution >= 4 is 66.9 Å². The summed E-state index contributed by atoms with van der Waals surface area (Å²) in [5, 5.41) is 4.16. The van der Waals surface area contributed by atoms with Crippen molar-refractivity contribution in [1.82, 2.24) is 14.8 Å². The number of likely N-dealkylation sites (tertiary alicyclic amines) is 1. The number of likely N-dealkylation sites (N-methyl/N-ethyl adjacent to an activating group) is 1. The number of benzene rings is 1. The fourth-order valence-corrected chi connectivity index (χ4v) is 6.31. The lowest BCUT2D eigenvalue weighted by atomic mass is 9.79. The summed E-state index contributed by atoms with van der Waals surface area (Å²) in [5.74, 6) is 0.0451. The third-order valence-electron chi connectivity index (χ3n) is 7.44. The number of rotatable bonds is 5. The molecule has 36 heavy (non-hydrogen) atoms. The van der Waals surface area contributed by atoms with Gasteiger partial charge in [-0.1, -0.05) is 0 Å². The Morgan fingerprint density at radius 2 is 2.17 bits per heavy atom. The molecular formula is C25H32BrFIN5O3. The highest BCUT2D eigenvalue weighted by Gasteiger charge is 2.55. The number of aromatic nitrogens is 1. The molecule has 4 heterocycles. The number of nitrogen functional groups attached to an aromatic ring is 1. The van der Waals surface area contributed by atoms with Crippen molar-refractivity contribution in [1.29, 1.82) is 0 Å². The number of hydrogen-bond donors (Lipinski definition) is 2. The van der Waals surface area contributed by atoms with Gasteiger partial charge in [0.1, 0.15) is 23.4 Å². The topological polar surface area (TPSA) is 93.0 Å². The average Bonchev–Trinajstić information content (AvgIpc) is 3.50. The Labute approximate surface area is 232 Å². The molecule has 1 aromatic carbocycles. The maximum atomic E-state index is 15.4. The molecule has 0 spiro atoms. The lowest BCUT2D eigenvalue weighted by molar-refractivity contribution is 0.0239. The van der Waals surface area contributed by atoms with Crippen molar-refractivity contribution in [2.75, 3.05) is 37.8 Å². The third kappa shape index (κ3) is 4.70. The van der Waals surface area contributed by atoms with Crippen LogP contribution in [0.4, 0.5) is 20.6 Å². The summed E-state index contributed by atoms with van der Waals surface area (Å²) in [4.78, 5) is 21.3. The van der Waals surface area contributed by atoms with E-state index in [0.29, 0.717) is 34.4 Å². The first-order valence-corrected chi connectivity index (χ1v) is 14.2. The van der Waals surface area contributed by atoms with Gasteiger partial charge in [-0.15, -0.1) is 0 Å². The fourth-order valence-electron chi connectivity index (χ4n) is 5.46. The Bertz CT molecular complexity index is 1210. The molecular weight excluding hydrogens is 644 g/mol. The molecule has 4 aliphatic rings. The number of nitrogens with two attached hydrogens (primary N) is 1. The second-order valence-corrected chi connectivity index (χ2v) is 13.0. The van der Waals surface area contributed by atoms with Gasteiger partial charge in [0.05, 0.1) is 22.2 Å². The van der Waals surface area contributed by atoms with Gasteiger partial charge in [-0.3, -0.25) is 0 Å². The van der Waals surface area contributed by atoms with Crippen molar-refractivity contribution in [3.63, 3.8) is 0 Å². The lowest BCUT2D eigenvalue weighted by Gasteiger charge is -2.38. The molecule has 1 aromatic heterocycles. The zero-order chi connectivity index (χ0) is 25.9. The third-order valence-corrected chi connectivity index (χ3v) is 9.81. The van der Waals surface area contributed by atoms with E-state index in [1.54, 1.807) is 4.90 Å². The number of halogens is 3. The highest BCUT2D eigenvalue weighted by atomic mass is 127. The standard InChI is InChI=1S/C25H32BrFIN5O3/c1-25(2,3)36-24(34)33-10-12-8-16(33)20(12)30-22-14-9-15(28)17(26)18(27)21(14)31-23(19(22)29)35-11-13-6-5-7-32(13)4/h9,12-13,16,20H,5-8,10-11,29H2,1-4H3,(H,30,31)/t12?,13-,16?,20?/m0/s1. The highest BCUT2D eigenvalue weighted by molar-refractivity contribution is 14.1. The molecule has 3 aliphatic heterocycles. The van der Waals surface area contributed by atoms with Crippen molar-refractivity contribution in [3.05, 3.63) is 19.9 Å². The zero-order valence-electron chi connectivity index (χ0n) is 20.9. The van der Waals surface area contributed by atoms with Crippen LogP contribution in [0.15, 0.2) is 10.5 Å². The van der Waals surface area contributed by atoms with Crippen LogP contribution < -0.4 is 15.8 Å². The number of carbonyl (C=O) groups excluding carboxylic acids is 1. The van der Waals surface area contributed by atoms with E-state index in [1.807, 2.05) is 26.8 Å². The minimum absolute atomic E-state index is 0.0106. The van der Waals surface area contributed by atoms with E-state index < -0.39 is 11.4 Å². The van der Waals surface area contributed by atoms with Crippen LogP contribution in [0.25, 0.3) is 10.9 Å². The van der Waals surface area contributed by atoms with Gasteiger partial charge in [0.2, 0.25) is 5.88 Å². The van der Waals surface area contributed by atoms with Gasteiger partial charge in [0, 0.05) is 27.5 Å². The molecule has 1 aliphatic carbocycles. The number of nitrogens with one attached hydrogen (secondary N) is 1. The summed E-state index contributed by atoms with van der Waals surface area (Å²) in [5.41, 5.74) is 7.22. The van der Waals surface area contributed by atoms with Gasteiger partial charge >= 0.3 is 6.09 Å². The van der Waals surface area contributed by atoms with Crippen LogP contribution in [0.5, 0.6) is 5.88 Å². The molecule has 0 radical (unpaired) electrons. The SMILES string of the molecule is CN1CCC[C@H]1COc1nc2c(F)c(Br)c(I)cc2c(NC2C3CC2N(C(=O)OC(C)(C)C)C3)c1N. The van der Waals surface area contributed by atoms with Crippen molar-refractivity contribution in [2.24, 2.45) is 5.92 Å². The molecule has 1 amide bonds. The summed E-state index contributed by atoms with van der Waals surface area (Å²) >= 11 is 5.43. The van der Waals surface area contributed by atoms with Gasteiger partial charge in [-0.2, -0.15) is 0 Å². The summed E-state index contributed by atoms with van der Waals surface area (Å²) in [6.07, 6.45) is 2.76. The maximum absolute atomic E-state index is 15.4. The van der Waals surface area contributed by atoms with E-state index in [0.717, 1.165) is 29.4 Å². The molecule has 1 saturated carbocycles. The van der Waals surface area contributed by atoms with E-state index >= 15 is 4.39 Å². The Kier molecular flexibility index (Phi) is 6.95. The lowest BCUT2D eigenvalue weighted by Crippen LogP contribution is -2.50. The van der Waals surface area contributed by atoms with Crippen LogP contribution in [0.3, 0.4) is 0 Å².